The molecule has 116 valence electrons. The van der Waals surface area contributed by atoms with E-state index >= 15 is 0 Å². The van der Waals surface area contributed by atoms with Crippen molar-refractivity contribution in [3.05, 3.63) is 29.8 Å². The second kappa shape index (κ2) is 8.18. The number of amides is 1. The number of carbonyl (C=O) groups excluding carboxylic acids is 1. The zero-order chi connectivity index (χ0) is 15.1. The summed E-state index contributed by atoms with van der Waals surface area (Å²) >= 11 is 0. The van der Waals surface area contributed by atoms with Crippen molar-refractivity contribution in [2.24, 2.45) is 11.8 Å². The third-order valence-electron chi connectivity index (χ3n) is 4.51. The van der Waals surface area contributed by atoms with Crippen LogP contribution in [0.4, 0.5) is 5.69 Å². The van der Waals surface area contributed by atoms with Gasteiger partial charge < -0.3 is 10.6 Å². The maximum Gasteiger partial charge on any atom is 0.224 e. The Bertz CT molecular complexity index is 452. The predicted molar refractivity (Wildman–Crippen MR) is 88.4 cm³/mol. The number of para-hydroxylation sites is 1. The fourth-order valence-electron chi connectivity index (χ4n) is 3.20. The molecule has 0 spiro atoms. The third kappa shape index (κ3) is 4.85. The van der Waals surface area contributed by atoms with E-state index in [9.17, 15) is 4.79 Å². The molecule has 1 aliphatic rings. The first kappa shape index (κ1) is 16.0. The molecule has 1 aromatic carbocycles. The average molecular weight is 288 g/mol. The van der Waals surface area contributed by atoms with E-state index in [2.05, 4.69) is 30.5 Å². The highest BCUT2D eigenvalue weighted by Gasteiger charge is 2.22. The summed E-state index contributed by atoms with van der Waals surface area (Å²) < 4.78 is 0. The standard InChI is InChI=1S/C18H28N2O/c1-3-6-16-7-4-5-8-17(16)20-18(21)13-14(2)15-9-11-19-12-10-15/h4-5,7-8,14-15,19H,3,6,9-13H2,1-2H3,(H,20,21). The first-order valence-electron chi connectivity index (χ1n) is 8.29. The first-order valence-corrected chi connectivity index (χ1v) is 8.29. The molecule has 3 heteroatoms. The maximum atomic E-state index is 12.3. The summed E-state index contributed by atoms with van der Waals surface area (Å²) in [5.41, 5.74) is 2.23. The number of nitrogens with one attached hydrogen (secondary N) is 2. The molecule has 0 radical (unpaired) electrons. The minimum absolute atomic E-state index is 0.157. The number of piperidine rings is 1. The van der Waals surface area contributed by atoms with Crippen LogP contribution in [0.25, 0.3) is 0 Å². The summed E-state index contributed by atoms with van der Waals surface area (Å²) in [4.78, 5) is 12.3. The van der Waals surface area contributed by atoms with Gasteiger partial charge in [0.25, 0.3) is 0 Å². The zero-order valence-electron chi connectivity index (χ0n) is 13.3. The van der Waals surface area contributed by atoms with Crippen molar-refractivity contribution in [2.45, 2.75) is 46.0 Å². The number of carbonyl (C=O) groups is 1. The van der Waals surface area contributed by atoms with E-state index in [1.54, 1.807) is 0 Å². The molecule has 1 unspecified atom stereocenters. The summed E-state index contributed by atoms with van der Waals surface area (Å²) in [6.07, 6.45) is 5.13. The van der Waals surface area contributed by atoms with Gasteiger partial charge in [-0.25, -0.2) is 0 Å². The van der Waals surface area contributed by atoms with Crippen molar-refractivity contribution in [1.82, 2.24) is 5.32 Å². The van der Waals surface area contributed by atoms with Gasteiger partial charge in [0.15, 0.2) is 0 Å². The summed E-state index contributed by atoms with van der Waals surface area (Å²) in [5.74, 6) is 1.30. The van der Waals surface area contributed by atoms with Gasteiger partial charge in [0.05, 0.1) is 0 Å². The number of rotatable bonds is 6. The lowest BCUT2D eigenvalue weighted by molar-refractivity contribution is -0.117. The molecule has 0 bridgehead atoms. The van der Waals surface area contributed by atoms with Crippen molar-refractivity contribution < 1.29 is 4.79 Å². The van der Waals surface area contributed by atoms with E-state index in [0.717, 1.165) is 31.6 Å². The van der Waals surface area contributed by atoms with Gasteiger partial charge in [0.2, 0.25) is 5.91 Å². The second-order valence-corrected chi connectivity index (χ2v) is 6.22. The summed E-state index contributed by atoms with van der Waals surface area (Å²) in [5, 5.41) is 6.49. The molecule has 0 aliphatic carbocycles. The molecular formula is C18H28N2O. The molecule has 0 aromatic heterocycles. The second-order valence-electron chi connectivity index (χ2n) is 6.22. The average Bonchev–Trinajstić information content (AvgIpc) is 2.50. The zero-order valence-corrected chi connectivity index (χ0v) is 13.3. The Kier molecular flexibility index (Phi) is 6.24. The van der Waals surface area contributed by atoms with Crippen LogP contribution in [0.2, 0.25) is 0 Å². The summed E-state index contributed by atoms with van der Waals surface area (Å²) in [6.45, 7) is 6.57. The smallest absolute Gasteiger partial charge is 0.224 e. The van der Waals surface area contributed by atoms with Gasteiger partial charge in [0.1, 0.15) is 0 Å². The SMILES string of the molecule is CCCc1ccccc1NC(=O)CC(C)C1CCNCC1. The molecule has 1 heterocycles. The lowest BCUT2D eigenvalue weighted by Gasteiger charge is -2.28. The molecular weight excluding hydrogens is 260 g/mol. The topological polar surface area (TPSA) is 41.1 Å². The van der Waals surface area contributed by atoms with Gasteiger partial charge in [-0.15, -0.1) is 0 Å². The van der Waals surface area contributed by atoms with E-state index in [-0.39, 0.29) is 5.91 Å². The van der Waals surface area contributed by atoms with Crippen molar-refractivity contribution >= 4 is 11.6 Å². The van der Waals surface area contributed by atoms with Crippen LogP contribution in [-0.4, -0.2) is 19.0 Å². The van der Waals surface area contributed by atoms with Crippen molar-refractivity contribution in [3.8, 4) is 0 Å². The molecule has 1 fully saturated rings. The van der Waals surface area contributed by atoms with Crippen LogP contribution >= 0.6 is 0 Å². The summed E-state index contributed by atoms with van der Waals surface area (Å²) in [6, 6.07) is 8.15. The predicted octanol–water partition coefficient (Wildman–Crippen LogP) is 3.60. The number of benzene rings is 1. The number of hydrogen-bond acceptors (Lipinski definition) is 2. The summed E-state index contributed by atoms with van der Waals surface area (Å²) in [7, 11) is 0. The number of aryl methyl sites for hydroxylation is 1. The van der Waals surface area contributed by atoms with E-state index < -0.39 is 0 Å². The van der Waals surface area contributed by atoms with Crippen molar-refractivity contribution in [2.75, 3.05) is 18.4 Å². The Morgan fingerprint density at radius 3 is 2.76 bits per heavy atom. The molecule has 0 saturated carbocycles. The first-order chi connectivity index (χ1) is 10.2. The Labute approximate surface area is 128 Å². The van der Waals surface area contributed by atoms with Gasteiger partial charge in [-0.05, 0) is 55.8 Å². The minimum Gasteiger partial charge on any atom is -0.326 e. The van der Waals surface area contributed by atoms with Gasteiger partial charge in [0, 0.05) is 12.1 Å². The van der Waals surface area contributed by atoms with E-state index in [1.807, 2.05) is 18.2 Å². The lowest BCUT2D eigenvalue weighted by Crippen LogP contribution is -2.32. The highest BCUT2D eigenvalue weighted by molar-refractivity contribution is 5.91. The van der Waals surface area contributed by atoms with Gasteiger partial charge in [-0.3, -0.25) is 4.79 Å². The van der Waals surface area contributed by atoms with Gasteiger partial charge in [-0.2, -0.15) is 0 Å². The molecule has 3 nitrogen and oxygen atoms in total. The van der Waals surface area contributed by atoms with Crippen LogP contribution < -0.4 is 10.6 Å². The largest absolute Gasteiger partial charge is 0.326 e. The number of hydrogen-bond donors (Lipinski definition) is 2. The Morgan fingerprint density at radius 1 is 1.33 bits per heavy atom. The molecule has 1 amide bonds. The molecule has 1 aliphatic heterocycles. The normalized spacial score (nSPS) is 17.4. The maximum absolute atomic E-state index is 12.3. The quantitative estimate of drug-likeness (QED) is 0.839. The molecule has 1 aromatic rings. The molecule has 21 heavy (non-hydrogen) atoms. The Morgan fingerprint density at radius 2 is 2.05 bits per heavy atom. The Balaban J connectivity index is 1.89. The fraction of sp³-hybridized carbons (Fsp3) is 0.611. The van der Waals surface area contributed by atoms with E-state index in [0.29, 0.717) is 18.3 Å². The van der Waals surface area contributed by atoms with Crippen LogP contribution in [0.1, 0.15) is 45.1 Å². The van der Waals surface area contributed by atoms with Crippen LogP contribution in [-0.2, 0) is 11.2 Å². The van der Waals surface area contributed by atoms with Crippen molar-refractivity contribution in [3.63, 3.8) is 0 Å². The molecule has 1 atom stereocenters. The number of anilines is 1. The van der Waals surface area contributed by atoms with Gasteiger partial charge >= 0.3 is 0 Å². The highest BCUT2D eigenvalue weighted by Crippen LogP contribution is 2.25. The highest BCUT2D eigenvalue weighted by atomic mass is 16.1. The molecule has 2 rings (SSSR count). The van der Waals surface area contributed by atoms with E-state index in [4.69, 9.17) is 0 Å². The van der Waals surface area contributed by atoms with Crippen LogP contribution in [0.3, 0.4) is 0 Å². The molecule has 2 N–H and O–H groups in total. The van der Waals surface area contributed by atoms with Crippen molar-refractivity contribution in [1.29, 1.82) is 0 Å². The van der Waals surface area contributed by atoms with Crippen LogP contribution in [0, 0.1) is 11.8 Å². The fourth-order valence-corrected chi connectivity index (χ4v) is 3.20. The Hall–Kier alpha value is -1.35. The monoisotopic (exact) mass is 288 g/mol. The minimum atomic E-state index is 0.157. The third-order valence-corrected chi connectivity index (χ3v) is 4.51. The molecule has 1 saturated heterocycles. The van der Waals surface area contributed by atoms with Crippen LogP contribution in [0.15, 0.2) is 24.3 Å². The van der Waals surface area contributed by atoms with Gasteiger partial charge in [-0.1, -0.05) is 38.5 Å². The lowest BCUT2D eigenvalue weighted by atomic mass is 9.84. The van der Waals surface area contributed by atoms with E-state index in [1.165, 1.54) is 18.4 Å². The van der Waals surface area contributed by atoms with Crippen LogP contribution in [0.5, 0.6) is 0 Å².